The minimum Gasteiger partial charge on any atom is -0.341 e. The molecule has 4 rings (SSSR count). The number of nitriles is 1. The maximum atomic E-state index is 13.2. The van der Waals surface area contributed by atoms with Gasteiger partial charge in [-0.05, 0) is 73.6 Å². The van der Waals surface area contributed by atoms with Crippen molar-refractivity contribution in [3.63, 3.8) is 0 Å². The maximum Gasteiger partial charge on any atom is 0.248 e. The van der Waals surface area contributed by atoms with Crippen LogP contribution in [0.15, 0.2) is 18.2 Å². The number of nitrogens with zero attached hydrogens (tertiary/aromatic N) is 2. The summed E-state index contributed by atoms with van der Waals surface area (Å²) in [6, 6.07) is 7.42. The van der Waals surface area contributed by atoms with Crippen LogP contribution in [-0.2, 0) is 9.59 Å². The number of benzene rings is 1. The van der Waals surface area contributed by atoms with Gasteiger partial charge in [0.2, 0.25) is 11.8 Å². The summed E-state index contributed by atoms with van der Waals surface area (Å²) in [7, 11) is 0. The molecule has 1 aliphatic carbocycles. The third-order valence-electron chi connectivity index (χ3n) is 7.07. The molecule has 2 heterocycles. The molecule has 3 N–H and O–H groups in total. The number of carbonyl (C=O) groups is 2. The zero-order chi connectivity index (χ0) is 20.6. The van der Waals surface area contributed by atoms with E-state index in [1.165, 1.54) is 5.56 Å². The Labute approximate surface area is 171 Å². The molecule has 0 bridgehead atoms. The number of nitrogens with one attached hydrogen (secondary N) is 2. The largest absolute Gasteiger partial charge is 0.341 e. The second kappa shape index (κ2) is 7.77. The van der Waals surface area contributed by atoms with Crippen molar-refractivity contribution < 1.29 is 14.8 Å². The van der Waals surface area contributed by atoms with Crippen LogP contribution in [0.5, 0.6) is 0 Å². The smallest absolute Gasteiger partial charge is 0.248 e. The SMILES string of the molecule is Cc1cc(C#N)ccc1C1CCN(C(=O)C2NCC3(CC3)CC2C(=O)NO)CC1. The molecular formula is C22H28N4O3. The number of carbonyl (C=O) groups excluding carboxylic acids is 2. The fraction of sp³-hybridized carbons (Fsp3) is 0.591. The van der Waals surface area contributed by atoms with Crippen LogP contribution in [-0.4, -0.2) is 47.6 Å². The molecule has 3 aliphatic rings. The lowest BCUT2D eigenvalue weighted by molar-refractivity contribution is -0.145. The summed E-state index contributed by atoms with van der Waals surface area (Å²) in [6.07, 6.45) is 4.54. The van der Waals surface area contributed by atoms with Crippen LogP contribution < -0.4 is 10.8 Å². The Morgan fingerprint density at radius 3 is 2.62 bits per heavy atom. The van der Waals surface area contributed by atoms with Gasteiger partial charge in [-0.25, -0.2) is 5.48 Å². The number of piperidine rings is 2. The van der Waals surface area contributed by atoms with E-state index >= 15 is 0 Å². The number of aryl methyl sites for hydroxylation is 1. The number of amides is 2. The van der Waals surface area contributed by atoms with Crippen LogP contribution in [0.3, 0.4) is 0 Å². The van der Waals surface area contributed by atoms with Gasteiger partial charge in [0, 0.05) is 19.6 Å². The van der Waals surface area contributed by atoms with Crippen molar-refractivity contribution in [3.05, 3.63) is 34.9 Å². The third-order valence-corrected chi connectivity index (χ3v) is 7.07. The molecule has 0 radical (unpaired) electrons. The first-order chi connectivity index (χ1) is 14.0. The Morgan fingerprint density at radius 2 is 2.03 bits per heavy atom. The van der Waals surface area contributed by atoms with E-state index in [4.69, 9.17) is 10.5 Å². The lowest BCUT2D eigenvalue weighted by Gasteiger charge is -2.40. The zero-order valence-electron chi connectivity index (χ0n) is 16.8. The molecule has 0 aromatic heterocycles. The first-order valence-electron chi connectivity index (χ1n) is 10.4. The fourth-order valence-corrected chi connectivity index (χ4v) is 5.08. The first-order valence-corrected chi connectivity index (χ1v) is 10.4. The molecule has 2 unspecified atom stereocenters. The Kier molecular flexibility index (Phi) is 5.32. The Balaban J connectivity index is 1.41. The molecule has 7 nitrogen and oxygen atoms in total. The predicted molar refractivity (Wildman–Crippen MR) is 106 cm³/mol. The average molecular weight is 396 g/mol. The maximum absolute atomic E-state index is 13.2. The second-order valence-corrected chi connectivity index (χ2v) is 8.93. The molecule has 2 aliphatic heterocycles. The Hall–Kier alpha value is -2.43. The van der Waals surface area contributed by atoms with E-state index < -0.39 is 17.9 Å². The van der Waals surface area contributed by atoms with Gasteiger partial charge in [0.05, 0.1) is 23.6 Å². The predicted octanol–water partition coefficient (Wildman–Crippen LogP) is 1.84. The summed E-state index contributed by atoms with van der Waals surface area (Å²) in [5.41, 5.74) is 4.94. The Morgan fingerprint density at radius 1 is 1.31 bits per heavy atom. The summed E-state index contributed by atoms with van der Waals surface area (Å²) in [5, 5.41) is 21.5. The molecule has 29 heavy (non-hydrogen) atoms. The molecule has 1 aromatic rings. The van der Waals surface area contributed by atoms with Crippen molar-refractivity contribution in [1.82, 2.24) is 15.7 Å². The van der Waals surface area contributed by atoms with E-state index in [0.717, 1.165) is 37.8 Å². The van der Waals surface area contributed by atoms with Gasteiger partial charge in [-0.3, -0.25) is 14.8 Å². The quantitative estimate of drug-likeness (QED) is 0.534. The van der Waals surface area contributed by atoms with Crippen LogP contribution in [0.1, 0.15) is 54.7 Å². The minimum absolute atomic E-state index is 0.0379. The van der Waals surface area contributed by atoms with E-state index in [1.807, 2.05) is 30.0 Å². The van der Waals surface area contributed by atoms with Crippen LogP contribution in [0.25, 0.3) is 0 Å². The van der Waals surface area contributed by atoms with Crippen molar-refractivity contribution in [3.8, 4) is 6.07 Å². The average Bonchev–Trinajstić information content (AvgIpc) is 3.51. The lowest BCUT2D eigenvalue weighted by atomic mass is 9.80. The number of rotatable bonds is 3. The van der Waals surface area contributed by atoms with Crippen molar-refractivity contribution in [2.75, 3.05) is 19.6 Å². The monoisotopic (exact) mass is 396 g/mol. The number of likely N-dealkylation sites (tertiary alicyclic amines) is 1. The molecule has 1 saturated carbocycles. The summed E-state index contributed by atoms with van der Waals surface area (Å²) >= 11 is 0. The van der Waals surface area contributed by atoms with Gasteiger partial charge in [-0.1, -0.05) is 6.07 Å². The molecule has 2 atom stereocenters. The van der Waals surface area contributed by atoms with Crippen LogP contribution in [0.4, 0.5) is 0 Å². The van der Waals surface area contributed by atoms with Gasteiger partial charge in [0.25, 0.3) is 0 Å². The van der Waals surface area contributed by atoms with E-state index in [1.54, 1.807) is 5.48 Å². The van der Waals surface area contributed by atoms with Crippen molar-refractivity contribution in [2.24, 2.45) is 11.3 Å². The summed E-state index contributed by atoms with van der Waals surface area (Å²) in [6.45, 7) is 4.10. The van der Waals surface area contributed by atoms with Gasteiger partial charge < -0.3 is 10.2 Å². The highest BCUT2D eigenvalue weighted by atomic mass is 16.5. The van der Waals surface area contributed by atoms with E-state index in [2.05, 4.69) is 11.4 Å². The molecular weight excluding hydrogens is 368 g/mol. The first kappa shape index (κ1) is 19.9. The number of hydroxylamine groups is 1. The molecule has 1 spiro atoms. The van der Waals surface area contributed by atoms with Gasteiger partial charge >= 0.3 is 0 Å². The van der Waals surface area contributed by atoms with Gasteiger partial charge in [0.1, 0.15) is 0 Å². The molecule has 2 saturated heterocycles. The third kappa shape index (κ3) is 3.87. The lowest BCUT2D eigenvalue weighted by Crippen LogP contribution is -2.59. The summed E-state index contributed by atoms with van der Waals surface area (Å²) < 4.78 is 0. The topological polar surface area (TPSA) is 105 Å². The molecule has 3 fully saturated rings. The Bertz CT molecular complexity index is 850. The molecule has 2 amide bonds. The van der Waals surface area contributed by atoms with E-state index in [9.17, 15) is 9.59 Å². The van der Waals surface area contributed by atoms with Crippen molar-refractivity contribution >= 4 is 11.8 Å². The summed E-state index contributed by atoms with van der Waals surface area (Å²) in [4.78, 5) is 27.2. The molecule has 154 valence electrons. The molecule has 1 aromatic carbocycles. The standard InChI is InChI=1S/C22H28N4O3/c1-14-10-15(12-23)2-3-17(14)16-4-8-26(9-5-16)21(28)19-18(20(27)25-29)11-22(6-7-22)13-24-19/h2-3,10,16,18-19,24,29H,4-9,11,13H2,1H3,(H,25,27). The number of hydrogen-bond acceptors (Lipinski definition) is 5. The van der Waals surface area contributed by atoms with Gasteiger partial charge in [-0.15, -0.1) is 0 Å². The van der Waals surface area contributed by atoms with Gasteiger partial charge in [0.15, 0.2) is 0 Å². The second-order valence-electron chi connectivity index (χ2n) is 8.93. The zero-order valence-corrected chi connectivity index (χ0v) is 16.8. The van der Waals surface area contributed by atoms with Crippen LogP contribution in [0, 0.1) is 29.6 Å². The van der Waals surface area contributed by atoms with E-state index in [-0.39, 0.29) is 11.3 Å². The highest BCUT2D eigenvalue weighted by molar-refractivity contribution is 5.90. The van der Waals surface area contributed by atoms with Crippen molar-refractivity contribution in [1.29, 1.82) is 5.26 Å². The number of hydrogen-bond donors (Lipinski definition) is 3. The van der Waals surface area contributed by atoms with Crippen LogP contribution >= 0.6 is 0 Å². The summed E-state index contributed by atoms with van der Waals surface area (Å²) in [5.74, 6) is -0.659. The van der Waals surface area contributed by atoms with Crippen molar-refractivity contribution in [2.45, 2.75) is 51.0 Å². The highest BCUT2D eigenvalue weighted by Crippen LogP contribution is 2.52. The minimum atomic E-state index is -0.568. The molecule has 7 heteroatoms. The van der Waals surface area contributed by atoms with Gasteiger partial charge in [-0.2, -0.15) is 5.26 Å². The normalized spacial score (nSPS) is 26.0. The fourth-order valence-electron chi connectivity index (χ4n) is 5.08. The van der Waals surface area contributed by atoms with Crippen LogP contribution in [0.2, 0.25) is 0 Å². The highest BCUT2D eigenvalue weighted by Gasteiger charge is 2.52. The van der Waals surface area contributed by atoms with E-state index in [0.29, 0.717) is 31.0 Å².